The van der Waals surface area contributed by atoms with Crippen LogP contribution in [0.3, 0.4) is 0 Å². The molecule has 0 atom stereocenters. The average Bonchev–Trinajstić information content (AvgIpc) is 2.91. The Kier molecular flexibility index (Phi) is 3.81. The van der Waals surface area contributed by atoms with E-state index in [0.717, 1.165) is 15.5 Å². The number of nitrogens with zero attached hydrogens (tertiary/aromatic N) is 1. The topological polar surface area (TPSA) is 39.2 Å². The Labute approximate surface area is 108 Å². The number of thioether (sulfide) groups is 1. The highest BCUT2D eigenvalue weighted by atomic mass is 32.2. The Morgan fingerprint density at radius 3 is 2.94 bits per heavy atom. The van der Waals surface area contributed by atoms with Gasteiger partial charge in [-0.3, -0.25) is 4.98 Å². The third-order valence-corrected chi connectivity index (χ3v) is 3.93. The minimum atomic E-state index is -0.348. The molecular formula is C12H11NO2S2. The van der Waals surface area contributed by atoms with Gasteiger partial charge in [-0.2, -0.15) is 0 Å². The second-order valence-corrected chi connectivity index (χ2v) is 5.03. The van der Waals surface area contributed by atoms with Crippen LogP contribution in [0.25, 0.3) is 10.6 Å². The number of carbonyl (C=O) groups is 1. The van der Waals surface area contributed by atoms with Crippen molar-refractivity contribution in [3.63, 3.8) is 0 Å². The van der Waals surface area contributed by atoms with Gasteiger partial charge < -0.3 is 4.74 Å². The monoisotopic (exact) mass is 265 g/mol. The van der Waals surface area contributed by atoms with Crippen LogP contribution < -0.4 is 0 Å². The molecule has 0 saturated heterocycles. The number of ether oxygens (including phenoxy) is 1. The summed E-state index contributed by atoms with van der Waals surface area (Å²) in [5.74, 6) is -0.348. The number of methoxy groups -OCH3 is 1. The van der Waals surface area contributed by atoms with E-state index in [-0.39, 0.29) is 5.97 Å². The highest BCUT2D eigenvalue weighted by Gasteiger charge is 2.13. The second kappa shape index (κ2) is 5.33. The van der Waals surface area contributed by atoms with E-state index in [1.807, 2.05) is 29.8 Å². The second-order valence-electron chi connectivity index (χ2n) is 3.24. The molecule has 5 heteroatoms. The number of esters is 1. The van der Waals surface area contributed by atoms with E-state index in [1.165, 1.54) is 18.9 Å². The van der Waals surface area contributed by atoms with Gasteiger partial charge in [-0.25, -0.2) is 4.79 Å². The van der Waals surface area contributed by atoms with E-state index in [2.05, 4.69) is 4.98 Å². The summed E-state index contributed by atoms with van der Waals surface area (Å²) >= 11 is 3.14. The molecule has 0 amide bonds. The van der Waals surface area contributed by atoms with Crippen LogP contribution in [0.2, 0.25) is 0 Å². The number of pyridine rings is 1. The molecular weight excluding hydrogens is 254 g/mol. The molecule has 2 aromatic heterocycles. The summed E-state index contributed by atoms with van der Waals surface area (Å²) in [5.41, 5.74) is 1.40. The summed E-state index contributed by atoms with van der Waals surface area (Å²) in [4.78, 5) is 17.8. The fraction of sp³-hybridized carbons (Fsp3) is 0.167. The smallest absolute Gasteiger partial charge is 0.340 e. The van der Waals surface area contributed by atoms with Gasteiger partial charge in [-0.1, -0.05) is 6.07 Å². The van der Waals surface area contributed by atoms with E-state index in [4.69, 9.17) is 4.74 Å². The van der Waals surface area contributed by atoms with Crippen LogP contribution in [0.15, 0.2) is 34.7 Å². The number of hydrogen-bond donors (Lipinski definition) is 0. The predicted octanol–water partition coefficient (Wildman–Crippen LogP) is 3.32. The van der Waals surface area contributed by atoms with Crippen LogP contribution in [0.5, 0.6) is 0 Å². The van der Waals surface area contributed by atoms with Crippen molar-refractivity contribution in [2.75, 3.05) is 13.4 Å². The molecule has 2 heterocycles. The van der Waals surface area contributed by atoms with Crippen molar-refractivity contribution in [1.82, 2.24) is 4.98 Å². The quantitative estimate of drug-likeness (QED) is 0.630. The summed E-state index contributed by atoms with van der Waals surface area (Å²) in [5, 5.41) is 2.00. The van der Waals surface area contributed by atoms with Gasteiger partial charge in [0.1, 0.15) is 0 Å². The van der Waals surface area contributed by atoms with Gasteiger partial charge in [0.15, 0.2) is 0 Å². The largest absolute Gasteiger partial charge is 0.465 e. The fourth-order valence-corrected chi connectivity index (χ4v) is 2.71. The predicted molar refractivity (Wildman–Crippen MR) is 70.7 cm³/mol. The van der Waals surface area contributed by atoms with Crippen molar-refractivity contribution < 1.29 is 9.53 Å². The molecule has 88 valence electrons. The maximum atomic E-state index is 11.5. The summed E-state index contributed by atoms with van der Waals surface area (Å²) in [6.07, 6.45) is 3.51. The molecule has 17 heavy (non-hydrogen) atoms. The minimum absolute atomic E-state index is 0.348. The lowest BCUT2D eigenvalue weighted by Gasteiger charge is -2.06. The normalized spacial score (nSPS) is 10.2. The van der Waals surface area contributed by atoms with E-state index in [9.17, 15) is 4.79 Å². The molecule has 0 aliphatic heterocycles. The standard InChI is InChI=1S/C12H11NO2S2/c1-15-12(14)8-7-13-9(6-11(8)16-2)10-4-3-5-17-10/h3-7H,1-2H3. The molecule has 0 aliphatic carbocycles. The van der Waals surface area contributed by atoms with Gasteiger partial charge in [-0.15, -0.1) is 23.1 Å². The van der Waals surface area contributed by atoms with Crippen molar-refractivity contribution >= 4 is 29.1 Å². The third-order valence-electron chi connectivity index (χ3n) is 2.26. The van der Waals surface area contributed by atoms with Crippen molar-refractivity contribution in [2.45, 2.75) is 4.90 Å². The van der Waals surface area contributed by atoms with Crippen molar-refractivity contribution in [1.29, 1.82) is 0 Å². The molecule has 0 spiro atoms. The van der Waals surface area contributed by atoms with Crippen molar-refractivity contribution in [3.05, 3.63) is 35.3 Å². The lowest BCUT2D eigenvalue weighted by Crippen LogP contribution is -2.04. The number of rotatable bonds is 3. The first-order chi connectivity index (χ1) is 8.26. The van der Waals surface area contributed by atoms with Crippen LogP contribution in [0.4, 0.5) is 0 Å². The van der Waals surface area contributed by atoms with E-state index in [0.29, 0.717) is 5.56 Å². The van der Waals surface area contributed by atoms with Crippen LogP contribution in [-0.4, -0.2) is 24.3 Å². The summed E-state index contributed by atoms with van der Waals surface area (Å²) in [6.45, 7) is 0. The van der Waals surface area contributed by atoms with Crippen LogP contribution in [0, 0.1) is 0 Å². The zero-order valence-corrected chi connectivity index (χ0v) is 11.1. The van der Waals surface area contributed by atoms with Crippen LogP contribution in [0.1, 0.15) is 10.4 Å². The molecule has 0 aliphatic rings. The highest BCUT2D eigenvalue weighted by molar-refractivity contribution is 7.98. The van der Waals surface area contributed by atoms with Crippen molar-refractivity contribution in [3.8, 4) is 10.6 Å². The molecule has 0 radical (unpaired) electrons. The van der Waals surface area contributed by atoms with Gasteiger partial charge in [0.05, 0.1) is 23.2 Å². The molecule has 2 rings (SSSR count). The van der Waals surface area contributed by atoms with E-state index < -0.39 is 0 Å². The molecule has 2 aromatic rings. The lowest BCUT2D eigenvalue weighted by molar-refractivity contribution is 0.0596. The van der Waals surface area contributed by atoms with Gasteiger partial charge in [0.25, 0.3) is 0 Å². The maximum absolute atomic E-state index is 11.5. The minimum Gasteiger partial charge on any atom is -0.465 e. The molecule has 0 saturated carbocycles. The Bertz CT molecular complexity index is 523. The fourth-order valence-electron chi connectivity index (χ4n) is 1.43. The van der Waals surface area contributed by atoms with E-state index >= 15 is 0 Å². The summed E-state index contributed by atoms with van der Waals surface area (Å²) < 4.78 is 4.72. The number of carbonyl (C=O) groups excluding carboxylic acids is 1. The maximum Gasteiger partial charge on any atom is 0.340 e. The van der Waals surface area contributed by atoms with Crippen LogP contribution in [-0.2, 0) is 4.74 Å². The number of thiophene rings is 1. The SMILES string of the molecule is COC(=O)c1cnc(-c2cccs2)cc1SC. The van der Waals surface area contributed by atoms with Gasteiger partial charge >= 0.3 is 5.97 Å². The Morgan fingerprint density at radius 1 is 1.53 bits per heavy atom. The Hall–Kier alpha value is -1.33. The molecule has 0 aromatic carbocycles. The first-order valence-corrected chi connectivity index (χ1v) is 7.03. The first-order valence-electron chi connectivity index (χ1n) is 4.92. The summed E-state index contributed by atoms with van der Waals surface area (Å²) in [7, 11) is 1.37. The zero-order chi connectivity index (χ0) is 12.3. The van der Waals surface area contributed by atoms with Gasteiger partial charge in [0, 0.05) is 11.1 Å². The molecule has 0 bridgehead atoms. The van der Waals surface area contributed by atoms with E-state index in [1.54, 1.807) is 17.5 Å². The first kappa shape index (κ1) is 12.1. The molecule has 0 unspecified atom stereocenters. The summed E-state index contributed by atoms with van der Waals surface area (Å²) in [6, 6.07) is 5.91. The third kappa shape index (κ3) is 2.50. The molecule has 0 N–H and O–H groups in total. The zero-order valence-electron chi connectivity index (χ0n) is 9.47. The molecule has 3 nitrogen and oxygen atoms in total. The lowest BCUT2D eigenvalue weighted by atomic mass is 10.2. The highest BCUT2D eigenvalue weighted by Crippen LogP contribution is 2.28. The van der Waals surface area contributed by atoms with Gasteiger partial charge in [-0.05, 0) is 23.8 Å². The Balaban J connectivity index is 2.44. The number of aromatic nitrogens is 1. The molecule has 0 fully saturated rings. The van der Waals surface area contributed by atoms with Gasteiger partial charge in [0.2, 0.25) is 0 Å². The number of hydrogen-bond acceptors (Lipinski definition) is 5. The Morgan fingerprint density at radius 2 is 2.35 bits per heavy atom. The average molecular weight is 265 g/mol. The van der Waals surface area contributed by atoms with Crippen LogP contribution >= 0.6 is 23.1 Å². The van der Waals surface area contributed by atoms with Crippen molar-refractivity contribution in [2.24, 2.45) is 0 Å².